The Bertz CT molecular complexity index is 805. The van der Waals surface area contributed by atoms with E-state index in [0.29, 0.717) is 6.61 Å². The standard InChI is InChI=1S/C16H14ClN3O/c1-21-9-12-5-3-10-2-4-11(8-13(10)15(12)18)14-6-7-19-16(17)20-14/h2-8H,9,18H2,1H3. The highest BCUT2D eigenvalue weighted by Gasteiger charge is 2.07. The fourth-order valence-electron chi connectivity index (χ4n) is 2.32. The van der Waals surface area contributed by atoms with Crippen molar-refractivity contribution in [3.05, 3.63) is 53.4 Å². The molecule has 0 amide bonds. The van der Waals surface area contributed by atoms with Crippen LogP contribution in [-0.4, -0.2) is 17.1 Å². The first-order chi connectivity index (χ1) is 10.2. The van der Waals surface area contributed by atoms with Crippen LogP contribution in [-0.2, 0) is 11.3 Å². The van der Waals surface area contributed by atoms with E-state index >= 15 is 0 Å². The average Bonchev–Trinajstić information content (AvgIpc) is 2.50. The summed E-state index contributed by atoms with van der Waals surface area (Å²) in [5.41, 5.74) is 9.67. The van der Waals surface area contributed by atoms with Gasteiger partial charge in [0, 0.05) is 35.5 Å². The van der Waals surface area contributed by atoms with Crippen molar-refractivity contribution >= 4 is 28.1 Å². The number of nitrogens with two attached hydrogens (primary N) is 1. The molecule has 2 aromatic carbocycles. The number of hydrogen-bond acceptors (Lipinski definition) is 4. The van der Waals surface area contributed by atoms with E-state index in [-0.39, 0.29) is 5.28 Å². The van der Waals surface area contributed by atoms with Gasteiger partial charge >= 0.3 is 0 Å². The molecular weight excluding hydrogens is 286 g/mol. The summed E-state index contributed by atoms with van der Waals surface area (Å²) in [6.45, 7) is 0.491. The highest BCUT2D eigenvalue weighted by Crippen LogP contribution is 2.29. The van der Waals surface area contributed by atoms with Gasteiger partial charge in [0.25, 0.3) is 0 Å². The number of benzene rings is 2. The van der Waals surface area contributed by atoms with Gasteiger partial charge in [-0.3, -0.25) is 0 Å². The van der Waals surface area contributed by atoms with Crippen molar-refractivity contribution in [1.29, 1.82) is 0 Å². The summed E-state index contributed by atoms with van der Waals surface area (Å²) in [7, 11) is 1.66. The molecule has 0 aliphatic rings. The molecule has 3 rings (SSSR count). The highest BCUT2D eigenvalue weighted by atomic mass is 35.5. The Balaban J connectivity index is 2.16. The van der Waals surface area contributed by atoms with Crippen LogP contribution < -0.4 is 5.73 Å². The van der Waals surface area contributed by atoms with Gasteiger partial charge in [-0.05, 0) is 29.1 Å². The van der Waals surface area contributed by atoms with Crippen LogP contribution in [0.2, 0.25) is 5.28 Å². The van der Waals surface area contributed by atoms with E-state index < -0.39 is 0 Å². The molecule has 0 fully saturated rings. The zero-order chi connectivity index (χ0) is 14.8. The third-order valence-corrected chi connectivity index (χ3v) is 3.56. The molecule has 106 valence electrons. The smallest absolute Gasteiger partial charge is 0.222 e. The molecule has 0 atom stereocenters. The topological polar surface area (TPSA) is 61.0 Å². The maximum Gasteiger partial charge on any atom is 0.222 e. The Kier molecular flexibility index (Phi) is 3.73. The van der Waals surface area contributed by atoms with E-state index in [4.69, 9.17) is 22.1 Å². The minimum Gasteiger partial charge on any atom is -0.398 e. The van der Waals surface area contributed by atoms with Crippen LogP contribution in [0.15, 0.2) is 42.6 Å². The number of nitrogens with zero attached hydrogens (tertiary/aromatic N) is 2. The van der Waals surface area contributed by atoms with Gasteiger partial charge < -0.3 is 10.5 Å². The van der Waals surface area contributed by atoms with Crippen molar-refractivity contribution in [2.45, 2.75) is 6.61 Å². The maximum atomic E-state index is 6.24. The van der Waals surface area contributed by atoms with Gasteiger partial charge in [-0.2, -0.15) is 0 Å². The SMILES string of the molecule is COCc1ccc2ccc(-c3ccnc(Cl)n3)cc2c1N. The second-order valence-electron chi connectivity index (χ2n) is 4.72. The summed E-state index contributed by atoms with van der Waals surface area (Å²) in [5.74, 6) is 0. The molecule has 2 N–H and O–H groups in total. The van der Waals surface area contributed by atoms with Crippen molar-refractivity contribution in [1.82, 2.24) is 9.97 Å². The van der Waals surface area contributed by atoms with Crippen LogP contribution >= 0.6 is 11.6 Å². The first kappa shape index (κ1) is 13.8. The van der Waals surface area contributed by atoms with Crippen LogP contribution in [0.4, 0.5) is 5.69 Å². The zero-order valence-corrected chi connectivity index (χ0v) is 12.3. The molecule has 0 aliphatic carbocycles. The number of nitrogen functional groups attached to an aromatic ring is 1. The largest absolute Gasteiger partial charge is 0.398 e. The summed E-state index contributed by atoms with van der Waals surface area (Å²) in [4.78, 5) is 8.12. The Labute approximate surface area is 127 Å². The number of halogens is 1. The van der Waals surface area contributed by atoms with Gasteiger partial charge in [-0.15, -0.1) is 0 Å². The highest BCUT2D eigenvalue weighted by molar-refractivity contribution is 6.28. The fourth-order valence-corrected chi connectivity index (χ4v) is 2.47. The fraction of sp³-hybridized carbons (Fsp3) is 0.125. The lowest BCUT2D eigenvalue weighted by Crippen LogP contribution is -1.97. The minimum absolute atomic E-state index is 0.230. The molecular formula is C16H14ClN3O. The van der Waals surface area contributed by atoms with E-state index in [1.54, 1.807) is 13.3 Å². The van der Waals surface area contributed by atoms with E-state index in [1.807, 2.05) is 36.4 Å². The molecule has 0 aliphatic heterocycles. The van der Waals surface area contributed by atoms with Crippen molar-refractivity contribution in [2.75, 3.05) is 12.8 Å². The summed E-state index contributed by atoms with van der Waals surface area (Å²) in [6, 6.07) is 11.9. The van der Waals surface area contributed by atoms with Crippen molar-refractivity contribution in [2.24, 2.45) is 0 Å². The molecule has 3 aromatic rings. The molecule has 0 radical (unpaired) electrons. The first-order valence-electron chi connectivity index (χ1n) is 6.48. The molecule has 0 saturated carbocycles. The first-order valence-corrected chi connectivity index (χ1v) is 6.86. The van der Waals surface area contributed by atoms with Crippen LogP contribution in [0, 0.1) is 0 Å². The molecule has 0 saturated heterocycles. The van der Waals surface area contributed by atoms with Crippen LogP contribution in [0.3, 0.4) is 0 Å². The van der Waals surface area contributed by atoms with E-state index in [1.165, 1.54) is 0 Å². The number of methoxy groups -OCH3 is 1. The molecule has 4 nitrogen and oxygen atoms in total. The van der Waals surface area contributed by atoms with Gasteiger partial charge in [0.2, 0.25) is 5.28 Å². The lowest BCUT2D eigenvalue weighted by atomic mass is 10.0. The third-order valence-electron chi connectivity index (χ3n) is 3.38. The van der Waals surface area contributed by atoms with E-state index in [9.17, 15) is 0 Å². The summed E-state index contributed by atoms with van der Waals surface area (Å²) >= 11 is 5.85. The van der Waals surface area contributed by atoms with Crippen LogP contribution in [0.25, 0.3) is 22.0 Å². The quantitative estimate of drug-likeness (QED) is 0.592. The zero-order valence-electron chi connectivity index (χ0n) is 11.5. The second-order valence-corrected chi connectivity index (χ2v) is 5.06. The van der Waals surface area contributed by atoms with Crippen molar-refractivity contribution < 1.29 is 4.74 Å². The van der Waals surface area contributed by atoms with Crippen LogP contribution in [0.1, 0.15) is 5.56 Å². The van der Waals surface area contributed by atoms with E-state index in [2.05, 4.69) is 9.97 Å². The predicted octanol–water partition coefficient (Wildman–Crippen LogP) is 3.68. The Hall–Kier alpha value is -2.17. The number of ether oxygens (including phenoxy) is 1. The van der Waals surface area contributed by atoms with Crippen molar-refractivity contribution in [3.8, 4) is 11.3 Å². The summed E-state index contributed by atoms with van der Waals surface area (Å²) < 4.78 is 5.17. The number of anilines is 1. The molecule has 0 spiro atoms. The third kappa shape index (κ3) is 2.68. The Morgan fingerprint density at radius 3 is 2.76 bits per heavy atom. The van der Waals surface area contributed by atoms with Gasteiger partial charge in [-0.1, -0.05) is 24.3 Å². The lowest BCUT2D eigenvalue weighted by Gasteiger charge is -2.10. The van der Waals surface area contributed by atoms with Gasteiger partial charge in [0.05, 0.1) is 12.3 Å². The Morgan fingerprint density at radius 1 is 1.19 bits per heavy atom. The number of hydrogen-bond donors (Lipinski definition) is 1. The van der Waals surface area contributed by atoms with Gasteiger partial charge in [0.15, 0.2) is 0 Å². The van der Waals surface area contributed by atoms with Gasteiger partial charge in [0.1, 0.15) is 0 Å². The molecule has 5 heteroatoms. The molecule has 1 aromatic heterocycles. The minimum atomic E-state index is 0.230. The summed E-state index contributed by atoms with van der Waals surface area (Å²) in [6.07, 6.45) is 1.64. The number of aromatic nitrogens is 2. The lowest BCUT2D eigenvalue weighted by molar-refractivity contribution is 0.185. The van der Waals surface area contributed by atoms with E-state index in [0.717, 1.165) is 33.3 Å². The molecule has 0 bridgehead atoms. The molecule has 21 heavy (non-hydrogen) atoms. The monoisotopic (exact) mass is 299 g/mol. The number of fused-ring (bicyclic) bond motifs is 1. The average molecular weight is 300 g/mol. The molecule has 1 heterocycles. The normalized spacial score (nSPS) is 11.0. The number of rotatable bonds is 3. The summed E-state index contributed by atoms with van der Waals surface area (Å²) in [5, 5.41) is 2.29. The predicted molar refractivity (Wildman–Crippen MR) is 85.1 cm³/mol. The van der Waals surface area contributed by atoms with Crippen LogP contribution in [0.5, 0.6) is 0 Å². The van der Waals surface area contributed by atoms with Gasteiger partial charge in [-0.25, -0.2) is 9.97 Å². The van der Waals surface area contributed by atoms with Crippen molar-refractivity contribution in [3.63, 3.8) is 0 Å². The maximum absolute atomic E-state index is 6.24. The Morgan fingerprint density at radius 2 is 2.00 bits per heavy atom. The second kappa shape index (κ2) is 5.68. The molecule has 0 unspecified atom stereocenters.